The monoisotopic (exact) mass is 564 g/mol. The lowest BCUT2D eigenvalue weighted by Crippen LogP contribution is -3.27. The first-order chi connectivity index (χ1) is 17.5. The molecule has 0 spiro atoms. The average Bonchev–Trinajstić information content (AvgIpc) is 3.24. The quantitative estimate of drug-likeness (QED) is 0.224. The molecule has 1 fully saturated rings. The number of halogens is 3. The normalized spacial score (nSPS) is 17.3. The van der Waals surface area contributed by atoms with Crippen molar-refractivity contribution in [1.82, 2.24) is 18.9 Å². The molecule has 4 aromatic rings. The van der Waals surface area contributed by atoms with E-state index in [1.54, 1.807) is 29.0 Å². The fourth-order valence-electron chi connectivity index (χ4n) is 5.44. The second-order valence-electron chi connectivity index (χ2n) is 9.71. The number of aromatic nitrogens is 4. The molecule has 2 N–H and O–H groups in total. The first-order valence-corrected chi connectivity index (χ1v) is 12.9. The van der Waals surface area contributed by atoms with Crippen molar-refractivity contribution < 1.29 is 43.7 Å². The second-order valence-corrected chi connectivity index (χ2v) is 9.71. The number of rotatable bonds is 8. The van der Waals surface area contributed by atoms with Crippen LogP contribution in [0, 0.1) is 12.7 Å². The van der Waals surface area contributed by atoms with E-state index in [9.17, 15) is 9.18 Å². The van der Waals surface area contributed by atoms with E-state index in [0.717, 1.165) is 62.7 Å². The van der Waals surface area contributed by atoms with Crippen LogP contribution < -0.4 is 44.9 Å². The molecule has 0 aliphatic carbocycles. The van der Waals surface area contributed by atoms with Crippen LogP contribution in [0.2, 0.25) is 0 Å². The van der Waals surface area contributed by atoms with Crippen molar-refractivity contribution >= 4 is 16.7 Å². The first kappa shape index (κ1) is 29.8. The van der Waals surface area contributed by atoms with Gasteiger partial charge in [0.15, 0.2) is 5.65 Å². The van der Waals surface area contributed by atoms with E-state index in [4.69, 9.17) is 9.72 Å². The number of nitrogens with zero attached hydrogens (tertiary/aromatic N) is 4. The summed E-state index contributed by atoms with van der Waals surface area (Å²) in [7, 11) is 1.60. The predicted octanol–water partition coefficient (Wildman–Crippen LogP) is -5.56. The van der Waals surface area contributed by atoms with Crippen molar-refractivity contribution in [3.05, 3.63) is 69.7 Å². The molecule has 1 aliphatic heterocycles. The molecule has 0 amide bonds. The van der Waals surface area contributed by atoms with Crippen molar-refractivity contribution in [2.45, 2.75) is 39.8 Å². The average molecular weight is 566 g/mol. The van der Waals surface area contributed by atoms with Gasteiger partial charge < -0.3 is 43.9 Å². The lowest BCUT2D eigenvalue weighted by Gasteiger charge is -2.29. The van der Waals surface area contributed by atoms with Gasteiger partial charge >= 0.3 is 0 Å². The summed E-state index contributed by atoms with van der Waals surface area (Å²) < 4.78 is 22.3. The Labute approximate surface area is 234 Å². The number of pyridine rings is 1. The van der Waals surface area contributed by atoms with Gasteiger partial charge in [-0.3, -0.25) is 9.20 Å². The number of fused-ring (bicyclic) bond motifs is 3. The summed E-state index contributed by atoms with van der Waals surface area (Å²) in [6, 6.07) is 10.6. The molecular formula is C27H35Cl2FN6O2. The predicted molar refractivity (Wildman–Crippen MR) is 136 cm³/mol. The third kappa shape index (κ3) is 5.96. The molecule has 0 radical (unpaired) electrons. The lowest BCUT2D eigenvalue weighted by atomic mass is 10.2. The summed E-state index contributed by atoms with van der Waals surface area (Å²) in [6.07, 6.45) is 1.62. The van der Waals surface area contributed by atoms with Gasteiger partial charge in [-0.25, -0.2) is 9.37 Å². The largest absolute Gasteiger partial charge is 1.00 e. The van der Waals surface area contributed by atoms with Crippen LogP contribution in [0.15, 0.2) is 41.2 Å². The molecule has 5 rings (SSSR count). The van der Waals surface area contributed by atoms with E-state index in [1.807, 2.05) is 47.1 Å². The number of quaternary nitrogens is 2. The van der Waals surface area contributed by atoms with Crippen molar-refractivity contribution in [3.8, 4) is 5.88 Å². The van der Waals surface area contributed by atoms with E-state index in [0.29, 0.717) is 30.0 Å². The molecule has 1 saturated heterocycles. The number of ether oxygens (including phenoxy) is 1. The Bertz CT molecular complexity index is 1430. The van der Waals surface area contributed by atoms with E-state index < -0.39 is 0 Å². The number of benzene rings is 1. The van der Waals surface area contributed by atoms with Gasteiger partial charge in [0.25, 0.3) is 5.56 Å². The molecule has 1 aliphatic rings. The van der Waals surface area contributed by atoms with Crippen molar-refractivity contribution in [3.63, 3.8) is 0 Å². The molecule has 206 valence electrons. The fourth-order valence-corrected chi connectivity index (χ4v) is 5.44. The molecular weight excluding hydrogens is 530 g/mol. The number of hydrogen-bond donors (Lipinski definition) is 2. The Morgan fingerprint density at radius 2 is 1.68 bits per heavy atom. The molecule has 38 heavy (non-hydrogen) atoms. The Kier molecular flexibility index (Phi) is 10.1. The summed E-state index contributed by atoms with van der Waals surface area (Å²) in [5.41, 5.74) is 4.04. The minimum Gasteiger partial charge on any atom is -1.00 e. The molecule has 3 aromatic heterocycles. The number of piperazine rings is 1. The summed E-state index contributed by atoms with van der Waals surface area (Å²) in [4.78, 5) is 26.1. The van der Waals surface area contributed by atoms with Gasteiger partial charge in [-0.2, -0.15) is 4.98 Å². The molecule has 11 heteroatoms. The molecule has 0 atom stereocenters. The number of aryl methyl sites for hydroxylation is 3. The van der Waals surface area contributed by atoms with Crippen LogP contribution in [0.5, 0.6) is 5.88 Å². The summed E-state index contributed by atoms with van der Waals surface area (Å²) in [6.45, 7) is 10.9. The highest BCUT2D eigenvalue weighted by atomic mass is 35.5. The number of methoxy groups -OCH3 is 1. The Morgan fingerprint density at radius 1 is 1.00 bits per heavy atom. The maximum atomic E-state index is 13.6. The summed E-state index contributed by atoms with van der Waals surface area (Å²) in [5, 5.41) is 0. The van der Waals surface area contributed by atoms with Crippen molar-refractivity contribution in [2.24, 2.45) is 0 Å². The Hall–Kier alpha value is -2.72. The van der Waals surface area contributed by atoms with Crippen molar-refractivity contribution in [2.75, 3.05) is 39.8 Å². The fraction of sp³-hybridized carbons (Fsp3) is 0.444. The first-order valence-electron chi connectivity index (χ1n) is 12.9. The van der Waals surface area contributed by atoms with Crippen LogP contribution in [0.4, 0.5) is 4.39 Å². The van der Waals surface area contributed by atoms with Gasteiger partial charge in [0.1, 0.15) is 49.9 Å². The Balaban J connectivity index is 0.00000200. The van der Waals surface area contributed by atoms with Crippen LogP contribution in [0.3, 0.4) is 0 Å². The van der Waals surface area contributed by atoms with Crippen LogP contribution in [0.25, 0.3) is 16.7 Å². The summed E-state index contributed by atoms with van der Waals surface area (Å²) >= 11 is 0. The third-order valence-electron chi connectivity index (χ3n) is 7.37. The zero-order valence-corrected chi connectivity index (χ0v) is 23.6. The van der Waals surface area contributed by atoms with Gasteiger partial charge in [0, 0.05) is 31.0 Å². The summed E-state index contributed by atoms with van der Waals surface area (Å²) in [5.74, 6) is 1.17. The molecule has 4 heterocycles. The van der Waals surface area contributed by atoms with Crippen LogP contribution in [0.1, 0.15) is 30.4 Å². The molecule has 0 saturated carbocycles. The van der Waals surface area contributed by atoms with E-state index in [-0.39, 0.29) is 36.2 Å². The topological polar surface area (TPSA) is 70.3 Å². The molecule has 0 bridgehead atoms. The SMILES string of the molecule is CCc1nc(C)c2c(=O)n(CCC[NH+]3CC[NH+](Cc4ccc(F)cc4)CC3)c3ccc(OC)nc3n12.[Cl-].[Cl-]. The Morgan fingerprint density at radius 3 is 2.34 bits per heavy atom. The third-order valence-corrected chi connectivity index (χ3v) is 7.37. The van der Waals surface area contributed by atoms with E-state index >= 15 is 0 Å². The second kappa shape index (κ2) is 12.9. The van der Waals surface area contributed by atoms with E-state index in [2.05, 4.69) is 4.98 Å². The number of nitrogens with one attached hydrogen (secondary N) is 2. The highest BCUT2D eigenvalue weighted by molar-refractivity contribution is 5.77. The standard InChI is InChI=1S/C27H33FN6O2.2ClH/c1-4-23-29-19(2)25-27(35)33(22-10-11-24(36-3)30-26(22)34(23)25)13-5-12-31-14-16-32(17-15-31)18-20-6-8-21(28)9-7-20;;/h6-11H,4-5,12-18H2,1-3H3;2*1H. The van der Waals surface area contributed by atoms with Gasteiger partial charge in [-0.1, -0.05) is 19.1 Å². The van der Waals surface area contributed by atoms with Gasteiger partial charge in [-0.15, -0.1) is 0 Å². The van der Waals surface area contributed by atoms with E-state index in [1.165, 1.54) is 5.56 Å². The molecule has 8 nitrogen and oxygen atoms in total. The zero-order chi connectivity index (χ0) is 25.2. The smallest absolute Gasteiger partial charge is 0.277 e. The maximum absolute atomic E-state index is 13.6. The minimum absolute atomic E-state index is 0. The van der Waals surface area contributed by atoms with Crippen LogP contribution in [-0.4, -0.2) is 58.8 Å². The molecule has 1 aromatic carbocycles. The van der Waals surface area contributed by atoms with Crippen molar-refractivity contribution in [1.29, 1.82) is 0 Å². The lowest BCUT2D eigenvalue weighted by molar-refractivity contribution is -1.02. The molecule has 0 unspecified atom stereocenters. The highest BCUT2D eigenvalue weighted by Crippen LogP contribution is 2.20. The van der Waals surface area contributed by atoms with Crippen LogP contribution in [-0.2, 0) is 19.5 Å². The number of hydrogen-bond acceptors (Lipinski definition) is 4. The highest BCUT2D eigenvalue weighted by Gasteiger charge is 2.23. The van der Waals surface area contributed by atoms with Gasteiger partial charge in [0.2, 0.25) is 5.88 Å². The minimum atomic E-state index is -0.182. The number of imidazole rings is 1. The maximum Gasteiger partial charge on any atom is 0.277 e. The van der Waals surface area contributed by atoms with Gasteiger partial charge in [0.05, 0.1) is 24.9 Å². The van der Waals surface area contributed by atoms with Crippen LogP contribution >= 0.6 is 0 Å². The van der Waals surface area contributed by atoms with Gasteiger partial charge in [-0.05, 0) is 25.1 Å². The zero-order valence-electron chi connectivity index (χ0n) is 22.1.